The van der Waals surface area contributed by atoms with Gasteiger partial charge in [-0.05, 0) is 11.4 Å². The molecule has 0 spiro atoms. The summed E-state index contributed by atoms with van der Waals surface area (Å²) in [6, 6.07) is 6.03. The summed E-state index contributed by atoms with van der Waals surface area (Å²) in [4.78, 5) is 1.12. The molecule has 0 aliphatic rings. The highest BCUT2D eigenvalue weighted by Gasteiger charge is 2.06. The molecule has 2 N–H and O–H groups in total. The number of rotatable bonds is 5. The normalized spacial score (nSPS) is 10.7. The smallest absolute Gasteiger partial charge is 0.177 e. The predicted molar refractivity (Wildman–Crippen MR) is 65.0 cm³/mol. The van der Waals surface area contributed by atoms with Crippen LogP contribution in [0.2, 0.25) is 0 Å². The van der Waals surface area contributed by atoms with Crippen LogP contribution in [0.1, 0.15) is 5.69 Å². The lowest BCUT2D eigenvalue weighted by molar-refractivity contribution is 0.427. The monoisotopic (exact) mass is 240 g/mol. The first-order chi connectivity index (χ1) is 7.40. The van der Waals surface area contributed by atoms with Crippen molar-refractivity contribution in [3.05, 3.63) is 29.3 Å². The molecule has 5 heteroatoms. The largest absolute Gasteiger partial charge is 0.355 e. The summed E-state index contributed by atoms with van der Waals surface area (Å²) in [7, 11) is 0. The molecule has 0 atom stereocenters. The zero-order valence-electron chi connectivity index (χ0n) is 8.18. The fraction of sp³-hybridized carbons (Fsp3) is 0.300. The van der Waals surface area contributed by atoms with Gasteiger partial charge in [0.1, 0.15) is 0 Å². The quantitative estimate of drug-likeness (QED) is 0.816. The van der Waals surface area contributed by atoms with Crippen LogP contribution in [-0.2, 0) is 5.75 Å². The van der Waals surface area contributed by atoms with Crippen LogP contribution >= 0.6 is 23.1 Å². The van der Waals surface area contributed by atoms with Gasteiger partial charge in [-0.2, -0.15) is 11.8 Å². The first-order valence-corrected chi connectivity index (χ1v) is 6.71. The highest BCUT2D eigenvalue weighted by Crippen LogP contribution is 2.26. The molecule has 0 fully saturated rings. The third-order valence-electron chi connectivity index (χ3n) is 1.84. The second kappa shape index (κ2) is 5.34. The molecular formula is C10H12N2OS2. The molecule has 0 aliphatic carbocycles. The first kappa shape index (κ1) is 10.7. The lowest BCUT2D eigenvalue weighted by atomic mass is 10.3. The van der Waals surface area contributed by atoms with E-state index in [9.17, 15) is 0 Å². The standard InChI is InChI=1S/C10H12N2OS2/c11-3-5-14-7-8-6-9(13-12-8)10-2-1-4-15-10/h1-2,4,6H,3,5,7,11H2. The van der Waals surface area contributed by atoms with Gasteiger partial charge in [-0.15, -0.1) is 11.3 Å². The van der Waals surface area contributed by atoms with Crippen molar-refractivity contribution in [1.29, 1.82) is 0 Å². The van der Waals surface area contributed by atoms with Crippen molar-refractivity contribution in [2.75, 3.05) is 12.3 Å². The van der Waals surface area contributed by atoms with Gasteiger partial charge in [0.05, 0.1) is 10.6 Å². The summed E-state index contributed by atoms with van der Waals surface area (Å²) in [6.45, 7) is 0.709. The summed E-state index contributed by atoms with van der Waals surface area (Å²) in [5, 5.41) is 6.04. The molecule has 0 unspecified atom stereocenters. The summed E-state index contributed by atoms with van der Waals surface area (Å²) in [6.07, 6.45) is 0. The summed E-state index contributed by atoms with van der Waals surface area (Å²) >= 11 is 3.43. The van der Waals surface area contributed by atoms with Crippen LogP contribution < -0.4 is 5.73 Å². The maximum Gasteiger partial charge on any atom is 0.177 e. The van der Waals surface area contributed by atoms with Crippen LogP contribution in [0, 0.1) is 0 Å². The van der Waals surface area contributed by atoms with E-state index in [0.29, 0.717) is 6.54 Å². The van der Waals surface area contributed by atoms with Gasteiger partial charge in [0.2, 0.25) is 0 Å². The number of nitrogens with two attached hydrogens (primary N) is 1. The number of thioether (sulfide) groups is 1. The Morgan fingerprint density at radius 3 is 3.20 bits per heavy atom. The molecule has 0 aliphatic heterocycles. The Balaban J connectivity index is 1.98. The molecule has 2 rings (SSSR count). The minimum absolute atomic E-state index is 0.709. The molecule has 15 heavy (non-hydrogen) atoms. The van der Waals surface area contributed by atoms with Crippen molar-refractivity contribution in [2.24, 2.45) is 5.73 Å². The van der Waals surface area contributed by atoms with E-state index in [-0.39, 0.29) is 0 Å². The molecule has 0 saturated heterocycles. The number of hydrogen-bond donors (Lipinski definition) is 1. The van der Waals surface area contributed by atoms with E-state index >= 15 is 0 Å². The van der Waals surface area contributed by atoms with Gasteiger partial charge in [-0.1, -0.05) is 11.2 Å². The van der Waals surface area contributed by atoms with Crippen LogP contribution in [0.5, 0.6) is 0 Å². The molecule has 2 aromatic rings. The number of aromatic nitrogens is 1. The Morgan fingerprint density at radius 1 is 1.53 bits per heavy atom. The number of nitrogens with zero attached hydrogens (tertiary/aromatic N) is 1. The van der Waals surface area contributed by atoms with Gasteiger partial charge in [-0.25, -0.2) is 0 Å². The second-order valence-electron chi connectivity index (χ2n) is 3.00. The van der Waals surface area contributed by atoms with E-state index in [4.69, 9.17) is 10.3 Å². The molecule has 2 heterocycles. The average molecular weight is 240 g/mol. The fourth-order valence-electron chi connectivity index (χ4n) is 1.17. The van der Waals surface area contributed by atoms with E-state index in [2.05, 4.69) is 5.16 Å². The molecule has 80 valence electrons. The SMILES string of the molecule is NCCSCc1cc(-c2cccs2)on1. The second-order valence-corrected chi connectivity index (χ2v) is 5.05. The Hall–Kier alpha value is -0.780. The van der Waals surface area contributed by atoms with Crippen molar-refractivity contribution in [3.8, 4) is 10.6 Å². The van der Waals surface area contributed by atoms with Crippen LogP contribution in [-0.4, -0.2) is 17.5 Å². The molecule has 0 saturated carbocycles. The summed E-state index contributed by atoms with van der Waals surface area (Å²) in [5.74, 6) is 2.68. The van der Waals surface area contributed by atoms with Crippen molar-refractivity contribution in [3.63, 3.8) is 0 Å². The van der Waals surface area contributed by atoms with Gasteiger partial charge in [0.15, 0.2) is 5.76 Å². The van der Waals surface area contributed by atoms with Gasteiger partial charge in [-0.3, -0.25) is 0 Å². The van der Waals surface area contributed by atoms with Gasteiger partial charge >= 0.3 is 0 Å². The van der Waals surface area contributed by atoms with Crippen LogP contribution in [0.15, 0.2) is 28.1 Å². The maximum absolute atomic E-state index is 5.41. The lowest BCUT2D eigenvalue weighted by Gasteiger charge is -1.92. The first-order valence-electron chi connectivity index (χ1n) is 4.67. The van der Waals surface area contributed by atoms with Crippen LogP contribution in [0.3, 0.4) is 0 Å². The van der Waals surface area contributed by atoms with E-state index in [1.165, 1.54) is 0 Å². The maximum atomic E-state index is 5.41. The van der Waals surface area contributed by atoms with E-state index in [0.717, 1.165) is 27.8 Å². The average Bonchev–Trinajstić information content (AvgIpc) is 2.87. The number of thiophene rings is 1. The highest BCUT2D eigenvalue weighted by molar-refractivity contribution is 7.98. The van der Waals surface area contributed by atoms with Gasteiger partial charge in [0.25, 0.3) is 0 Å². The van der Waals surface area contributed by atoms with Gasteiger partial charge < -0.3 is 10.3 Å². The molecule has 0 amide bonds. The number of hydrogen-bond acceptors (Lipinski definition) is 5. The van der Waals surface area contributed by atoms with Gasteiger partial charge in [0, 0.05) is 24.1 Å². The Labute approximate surface area is 96.7 Å². The molecule has 0 radical (unpaired) electrons. The van der Waals surface area contributed by atoms with E-state index in [1.54, 1.807) is 23.1 Å². The zero-order chi connectivity index (χ0) is 10.5. The third kappa shape index (κ3) is 2.84. The Morgan fingerprint density at radius 2 is 2.47 bits per heavy atom. The van der Waals surface area contributed by atoms with Crippen molar-refractivity contribution in [1.82, 2.24) is 5.16 Å². The predicted octanol–water partition coefficient (Wildman–Crippen LogP) is 2.60. The van der Waals surface area contributed by atoms with Crippen molar-refractivity contribution < 1.29 is 4.52 Å². The molecule has 0 bridgehead atoms. The zero-order valence-corrected chi connectivity index (χ0v) is 9.81. The third-order valence-corrected chi connectivity index (χ3v) is 3.74. The fourth-order valence-corrected chi connectivity index (χ4v) is 2.50. The van der Waals surface area contributed by atoms with Crippen LogP contribution in [0.25, 0.3) is 10.6 Å². The molecule has 3 nitrogen and oxygen atoms in total. The molecule has 0 aromatic carbocycles. The Kier molecular flexibility index (Phi) is 3.82. The summed E-state index contributed by atoms with van der Waals surface area (Å²) < 4.78 is 5.26. The highest BCUT2D eigenvalue weighted by atomic mass is 32.2. The van der Waals surface area contributed by atoms with Crippen molar-refractivity contribution in [2.45, 2.75) is 5.75 Å². The molecular weight excluding hydrogens is 228 g/mol. The minimum atomic E-state index is 0.709. The lowest BCUT2D eigenvalue weighted by Crippen LogP contribution is -2.01. The Bertz CT molecular complexity index is 397. The summed E-state index contributed by atoms with van der Waals surface area (Å²) in [5.41, 5.74) is 6.40. The van der Waals surface area contributed by atoms with Crippen molar-refractivity contribution >= 4 is 23.1 Å². The molecule has 2 aromatic heterocycles. The van der Waals surface area contributed by atoms with Crippen LogP contribution in [0.4, 0.5) is 0 Å². The minimum Gasteiger partial charge on any atom is -0.355 e. The topological polar surface area (TPSA) is 52.0 Å². The van der Waals surface area contributed by atoms with E-state index < -0.39 is 0 Å². The van der Waals surface area contributed by atoms with E-state index in [1.807, 2.05) is 23.6 Å².